The highest BCUT2D eigenvalue weighted by Crippen LogP contribution is 2.56. The topological polar surface area (TPSA) is 122 Å². The van der Waals surface area contributed by atoms with E-state index in [2.05, 4.69) is 4.98 Å². The number of aromatic amines is 1. The maximum absolute atomic E-state index is 12.5. The van der Waals surface area contributed by atoms with Crippen LogP contribution in [-0.4, -0.2) is 63.3 Å². The van der Waals surface area contributed by atoms with Gasteiger partial charge in [0.15, 0.2) is 5.69 Å². The largest absolute Gasteiger partial charge is 0.478 e. The Kier molecular flexibility index (Phi) is 5.67. The van der Waals surface area contributed by atoms with Gasteiger partial charge in [0.1, 0.15) is 17.1 Å². The average molecular weight is 456 g/mol. The van der Waals surface area contributed by atoms with Crippen molar-refractivity contribution >= 4 is 18.0 Å². The van der Waals surface area contributed by atoms with Crippen LogP contribution >= 0.6 is 0 Å². The van der Waals surface area contributed by atoms with Crippen LogP contribution in [0.4, 0.5) is 4.79 Å². The molecule has 2 fully saturated rings. The Hall–Kier alpha value is -3.36. The predicted octanol–water partition coefficient (Wildman–Crippen LogP) is 4.07. The molecule has 0 radical (unpaired) electrons. The number of aromatic carboxylic acids is 1. The summed E-state index contributed by atoms with van der Waals surface area (Å²) >= 11 is 0. The number of hydrogen-bond acceptors (Lipinski definition) is 6. The van der Waals surface area contributed by atoms with Crippen molar-refractivity contribution in [3.05, 3.63) is 41.3 Å². The van der Waals surface area contributed by atoms with Crippen molar-refractivity contribution < 1.29 is 29.0 Å². The molecular formula is C24H29N3O6. The van der Waals surface area contributed by atoms with Crippen molar-refractivity contribution in [1.82, 2.24) is 14.9 Å². The molecule has 0 bridgehead atoms. The number of esters is 1. The zero-order chi connectivity index (χ0) is 24.0. The number of hydrogen-bond donors (Lipinski definition) is 2. The lowest BCUT2D eigenvalue weighted by Gasteiger charge is -2.58. The van der Waals surface area contributed by atoms with E-state index in [9.17, 15) is 14.4 Å². The highest BCUT2D eigenvalue weighted by Gasteiger charge is 2.55. The summed E-state index contributed by atoms with van der Waals surface area (Å²) in [5.41, 5.74) is 1.07. The molecule has 1 saturated heterocycles. The quantitative estimate of drug-likeness (QED) is 0.652. The first-order valence-corrected chi connectivity index (χ1v) is 11.1. The Balaban J connectivity index is 1.47. The summed E-state index contributed by atoms with van der Waals surface area (Å²) < 4.78 is 10.6. The second-order valence-electron chi connectivity index (χ2n) is 9.89. The number of carboxylic acids is 1. The first-order valence-electron chi connectivity index (χ1n) is 11.1. The Bertz CT molecular complexity index is 1070. The maximum Gasteiger partial charge on any atom is 0.410 e. The van der Waals surface area contributed by atoms with Gasteiger partial charge in [0.25, 0.3) is 0 Å². The highest BCUT2D eigenvalue weighted by molar-refractivity contribution is 5.95. The van der Waals surface area contributed by atoms with Crippen molar-refractivity contribution in [2.45, 2.75) is 52.1 Å². The van der Waals surface area contributed by atoms with E-state index in [0.29, 0.717) is 30.2 Å². The van der Waals surface area contributed by atoms with Gasteiger partial charge >= 0.3 is 18.0 Å². The standard InChI is InChI=1S/C24H29N3O6/c1-5-32-21(30)18-17(14-6-8-15(9-7-14)20(28)29)25-19(26-18)16-10-24(11-16)12-27(13-24)22(31)33-23(2,3)4/h6-9,16H,5,10-13H2,1-4H3,(H,25,26)(H,28,29). The number of aromatic nitrogens is 2. The number of likely N-dealkylation sites (tertiary alicyclic amines) is 1. The molecule has 176 valence electrons. The van der Waals surface area contributed by atoms with Crippen LogP contribution in [0.2, 0.25) is 0 Å². The van der Waals surface area contributed by atoms with Crippen molar-refractivity contribution in [2.75, 3.05) is 19.7 Å². The molecule has 33 heavy (non-hydrogen) atoms. The van der Waals surface area contributed by atoms with E-state index < -0.39 is 17.5 Å². The van der Waals surface area contributed by atoms with Crippen LogP contribution in [0, 0.1) is 5.41 Å². The molecule has 4 rings (SSSR count). The van der Waals surface area contributed by atoms with Crippen LogP contribution in [0.5, 0.6) is 0 Å². The van der Waals surface area contributed by atoms with Gasteiger partial charge in [0.2, 0.25) is 0 Å². The summed E-state index contributed by atoms with van der Waals surface area (Å²) in [5, 5.41) is 9.13. The lowest BCUT2D eigenvalue weighted by molar-refractivity contribution is -0.0796. The number of carbonyl (C=O) groups excluding carboxylic acids is 2. The molecule has 2 aliphatic rings. The molecule has 1 amide bonds. The van der Waals surface area contributed by atoms with Crippen LogP contribution in [0.1, 0.15) is 73.1 Å². The van der Waals surface area contributed by atoms with Crippen LogP contribution in [-0.2, 0) is 9.47 Å². The number of nitrogens with zero attached hydrogens (tertiary/aromatic N) is 2. The summed E-state index contributed by atoms with van der Waals surface area (Å²) in [6.07, 6.45) is 1.44. The lowest BCUT2D eigenvalue weighted by atomic mass is 9.57. The Labute approximate surface area is 192 Å². The molecule has 1 aromatic heterocycles. The van der Waals surface area contributed by atoms with Crippen molar-refractivity contribution in [1.29, 1.82) is 0 Å². The third kappa shape index (κ3) is 4.58. The number of imidazole rings is 1. The number of rotatable bonds is 5. The van der Waals surface area contributed by atoms with E-state index in [4.69, 9.17) is 19.6 Å². The van der Waals surface area contributed by atoms with Gasteiger partial charge < -0.3 is 24.5 Å². The minimum absolute atomic E-state index is 0.0712. The molecule has 1 aliphatic carbocycles. The van der Waals surface area contributed by atoms with Gasteiger partial charge in [-0.05, 0) is 52.7 Å². The smallest absolute Gasteiger partial charge is 0.410 e. The zero-order valence-corrected chi connectivity index (χ0v) is 19.3. The van der Waals surface area contributed by atoms with Crippen molar-refractivity contribution in [3.8, 4) is 11.3 Å². The minimum Gasteiger partial charge on any atom is -0.478 e. The summed E-state index contributed by atoms with van der Waals surface area (Å²) in [6.45, 7) is 8.84. The van der Waals surface area contributed by atoms with Crippen LogP contribution in [0.15, 0.2) is 24.3 Å². The van der Waals surface area contributed by atoms with Crippen LogP contribution < -0.4 is 0 Å². The van der Waals surface area contributed by atoms with Crippen LogP contribution in [0.25, 0.3) is 11.3 Å². The number of amides is 1. The molecular weight excluding hydrogens is 426 g/mol. The number of benzene rings is 1. The molecule has 1 saturated carbocycles. The number of nitrogens with one attached hydrogen (secondary N) is 1. The zero-order valence-electron chi connectivity index (χ0n) is 19.3. The summed E-state index contributed by atoms with van der Waals surface area (Å²) in [7, 11) is 0. The molecule has 2 N–H and O–H groups in total. The average Bonchev–Trinajstić information content (AvgIpc) is 3.10. The third-order valence-electron chi connectivity index (χ3n) is 6.06. The number of carbonyl (C=O) groups is 3. The first-order chi connectivity index (χ1) is 15.5. The van der Waals surface area contributed by atoms with E-state index in [0.717, 1.165) is 12.8 Å². The van der Waals surface area contributed by atoms with E-state index in [1.54, 1.807) is 24.0 Å². The minimum atomic E-state index is -1.02. The molecule has 9 nitrogen and oxygen atoms in total. The molecule has 1 aliphatic heterocycles. The normalized spacial score (nSPS) is 17.3. The molecule has 9 heteroatoms. The second-order valence-corrected chi connectivity index (χ2v) is 9.89. The molecule has 0 atom stereocenters. The van der Waals surface area contributed by atoms with Gasteiger partial charge in [-0.2, -0.15) is 0 Å². The molecule has 2 heterocycles. The van der Waals surface area contributed by atoms with Gasteiger partial charge in [-0.1, -0.05) is 12.1 Å². The van der Waals surface area contributed by atoms with E-state index in [1.807, 2.05) is 20.8 Å². The monoisotopic (exact) mass is 455 g/mol. The summed E-state index contributed by atoms with van der Waals surface area (Å²) in [6, 6.07) is 6.25. The summed E-state index contributed by atoms with van der Waals surface area (Å²) in [5.74, 6) is -0.666. The Morgan fingerprint density at radius 1 is 1.18 bits per heavy atom. The third-order valence-corrected chi connectivity index (χ3v) is 6.06. The second kappa shape index (κ2) is 8.20. The lowest BCUT2D eigenvalue weighted by Crippen LogP contribution is -2.63. The number of carboxylic acid groups (broad SMARTS) is 1. The fourth-order valence-electron chi connectivity index (χ4n) is 4.57. The Morgan fingerprint density at radius 3 is 2.36 bits per heavy atom. The van der Waals surface area contributed by atoms with Crippen molar-refractivity contribution in [2.24, 2.45) is 5.41 Å². The van der Waals surface area contributed by atoms with E-state index in [1.165, 1.54) is 12.1 Å². The highest BCUT2D eigenvalue weighted by atomic mass is 16.6. The van der Waals surface area contributed by atoms with Gasteiger partial charge in [0, 0.05) is 30.0 Å². The predicted molar refractivity (Wildman–Crippen MR) is 119 cm³/mol. The first kappa shape index (κ1) is 22.8. The Morgan fingerprint density at radius 2 is 1.82 bits per heavy atom. The fraction of sp³-hybridized carbons (Fsp3) is 0.500. The SMILES string of the molecule is CCOC(=O)c1[nH]c(C2CC3(C2)CN(C(=O)OC(C)(C)C)C3)nc1-c1ccc(C(=O)O)cc1. The van der Waals surface area contributed by atoms with E-state index in [-0.39, 0.29) is 35.3 Å². The van der Waals surface area contributed by atoms with E-state index >= 15 is 0 Å². The van der Waals surface area contributed by atoms with Gasteiger partial charge in [-0.15, -0.1) is 0 Å². The van der Waals surface area contributed by atoms with Crippen molar-refractivity contribution in [3.63, 3.8) is 0 Å². The molecule has 0 unspecified atom stereocenters. The molecule has 1 aromatic carbocycles. The maximum atomic E-state index is 12.5. The molecule has 2 aromatic rings. The molecule has 1 spiro atoms. The fourth-order valence-corrected chi connectivity index (χ4v) is 4.57. The van der Waals surface area contributed by atoms with Gasteiger partial charge in [0.05, 0.1) is 12.2 Å². The van der Waals surface area contributed by atoms with Crippen LogP contribution in [0.3, 0.4) is 0 Å². The number of ether oxygens (including phenoxy) is 2. The van der Waals surface area contributed by atoms with Gasteiger partial charge in [-0.25, -0.2) is 19.4 Å². The summed E-state index contributed by atoms with van der Waals surface area (Å²) in [4.78, 5) is 45.5. The van der Waals surface area contributed by atoms with Gasteiger partial charge in [-0.3, -0.25) is 0 Å². The number of H-pyrrole nitrogens is 1.